The van der Waals surface area contributed by atoms with Gasteiger partial charge in [0.15, 0.2) is 0 Å². The molecule has 0 bridgehead atoms. The van der Waals surface area contributed by atoms with Gasteiger partial charge in [0, 0.05) is 27.1 Å². The molecule has 0 N–H and O–H groups in total. The quantitative estimate of drug-likeness (QED) is 0.649. The van der Waals surface area contributed by atoms with Crippen molar-refractivity contribution in [3.05, 3.63) is 56.4 Å². The van der Waals surface area contributed by atoms with Crippen LogP contribution in [0.5, 0.6) is 0 Å². The molecule has 0 aliphatic carbocycles. The van der Waals surface area contributed by atoms with Gasteiger partial charge in [-0.15, -0.1) is 23.1 Å². The minimum absolute atomic E-state index is 0.0588. The van der Waals surface area contributed by atoms with Crippen LogP contribution >= 0.6 is 34.7 Å². The summed E-state index contributed by atoms with van der Waals surface area (Å²) in [5.74, 6) is 0.816. The Bertz CT molecular complexity index is 868. The van der Waals surface area contributed by atoms with Gasteiger partial charge in [0.1, 0.15) is 4.83 Å². The van der Waals surface area contributed by atoms with Crippen LogP contribution in [0, 0.1) is 13.8 Å². The van der Waals surface area contributed by atoms with E-state index in [9.17, 15) is 4.79 Å². The first-order valence-corrected chi connectivity index (χ1v) is 9.08. The minimum atomic E-state index is 0.0588. The molecule has 2 heterocycles. The number of aryl methyl sites for hydroxylation is 3. The first kappa shape index (κ1) is 15.6. The van der Waals surface area contributed by atoms with Gasteiger partial charge in [-0.25, -0.2) is 4.98 Å². The van der Waals surface area contributed by atoms with Crippen molar-refractivity contribution in [3.8, 4) is 0 Å². The van der Waals surface area contributed by atoms with Crippen molar-refractivity contribution in [3.63, 3.8) is 0 Å². The van der Waals surface area contributed by atoms with E-state index >= 15 is 0 Å². The predicted octanol–water partition coefficient (Wildman–Crippen LogP) is 4.52. The van der Waals surface area contributed by atoms with E-state index in [2.05, 4.69) is 4.98 Å². The molecule has 0 radical (unpaired) electrons. The number of rotatable bonds is 4. The molecule has 0 aliphatic heterocycles. The highest BCUT2D eigenvalue weighted by molar-refractivity contribution is 7.99. The number of hydrogen-bond donors (Lipinski definition) is 0. The molecule has 0 saturated carbocycles. The Labute approximate surface area is 142 Å². The zero-order valence-corrected chi connectivity index (χ0v) is 14.7. The summed E-state index contributed by atoms with van der Waals surface area (Å²) in [6.07, 6.45) is 1.66. The van der Waals surface area contributed by atoms with Crippen LogP contribution in [-0.4, -0.2) is 15.3 Å². The molecule has 22 heavy (non-hydrogen) atoms. The maximum Gasteiger partial charge on any atom is 0.262 e. The summed E-state index contributed by atoms with van der Waals surface area (Å²) < 4.78 is 1.70. The lowest BCUT2D eigenvalue weighted by atomic mass is 10.2. The Morgan fingerprint density at radius 3 is 2.73 bits per heavy atom. The van der Waals surface area contributed by atoms with Gasteiger partial charge in [0.25, 0.3) is 5.56 Å². The van der Waals surface area contributed by atoms with Crippen LogP contribution < -0.4 is 5.56 Å². The topological polar surface area (TPSA) is 34.9 Å². The standard InChI is InChI=1S/C16H15ClN2OS2/c1-10-11(2)22-15-14(10)16(20)19(9-18-15)7-8-21-13-5-3-12(17)4-6-13/h3-6,9H,7-8H2,1-2H3. The molecule has 0 spiro atoms. The number of hydrogen-bond acceptors (Lipinski definition) is 4. The first-order chi connectivity index (χ1) is 10.6. The van der Waals surface area contributed by atoms with Crippen LogP contribution in [0.15, 0.2) is 40.3 Å². The van der Waals surface area contributed by atoms with Crippen molar-refractivity contribution >= 4 is 44.9 Å². The van der Waals surface area contributed by atoms with Gasteiger partial charge < -0.3 is 0 Å². The first-order valence-electron chi connectivity index (χ1n) is 6.90. The smallest absolute Gasteiger partial charge is 0.262 e. The lowest BCUT2D eigenvalue weighted by Gasteiger charge is -2.05. The zero-order valence-electron chi connectivity index (χ0n) is 12.3. The third-order valence-corrected chi connectivity index (χ3v) is 5.93. The molecular formula is C16H15ClN2OS2. The summed E-state index contributed by atoms with van der Waals surface area (Å²) in [5, 5.41) is 1.50. The van der Waals surface area contributed by atoms with Crippen molar-refractivity contribution < 1.29 is 0 Å². The molecule has 1 aromatic carbocycles. The molecule has 3 aromatic rings. The van der Waals surface area contributed by atoms with Crippen molar-refractivity contribution in [2.24, 2.45) is 0 Å². The Hall–Kier alpha value is -1.30. The number of halogens is 1. The fourth-order valence-electron chi connectivity index (χ4n) is 2.22. The van der Waals surface area contributed by atoms with Gasteiger partial charge in [0.05, 0.1) is 11.7 Å². The normalized spacial score (nSPS) is 11.2. The number of benzene rings is 1. The molecule has 0 unspecified atom stereocenters. The van der Waals surface area contributed by atoms with Crippen LogP contribution in [0.4, 0.5) is 0 Å². The number of nitrogens with zero attached hydrogens (tertiary/aromatic N) is 2. The molecule has 3 rings (SSSR count). The van der Waals surface area contributed by atoms with Crippen LogP contribution in [0.2, 0.25) is 5.02 Å². The highest BCUT2D eigenvalue weighted by atomic mass is 35.5. The van der Waals surface area contributed by atoms with E-state index in [-0.39, 0.29) is 5.56 Å². The van der Waals surface area contributed by atoms with E-state index in [1.165, 1.54) is 0 Å². The molecule has 6 heteroatoms. The lowest BCUT2D eigenvalue weighted by Crippen LogP contribution is -2.21. The van der Waals surface area contributed by atoms with Crippen LogP contribution in [0.3, 0.4) is 0 Å². The lowest BCUT2D eigenvalue weighted by molar-refractivity contribution is 0.725. The van der Waals surface area contributed by atoms with E-state index in [0.29, 0.717) is 6.54 Å². The van der Waals surface area contributed by atoms with E-state index in [1.807, 2.05) is 38.1 Å². The van der Waals surface area contributed by atoms with Gasteiger partial charge >= 0.3 is 0 Å². The molecule has 2 aromatic heterocycles. The fraction of sp³-hybridized carbons (Fsp3) is 0.250. The van der Waals surface area contributed by atoms with Crippen LogP contribution in [0.1, 0.15) is 10.4 Å². The molecule has 3 nitrogen and oxygen atoms in total. The average molecular weight is 351 g/mol. The molecule has 0 saturated heterocycles. The van der Waals surface area contributed by atoms with Crippen molar-refractivity contribution in [1.82, 2.24) is 9.55 Å². The number of thiophene rings is 1. The molecule has 114 valence electrons. The van der Waals surface area contributed by atoms with Crippen LogP contribution in [0.25, 0.3) is 10.2 Å². The molecule has 0 atom stereocenters. The van der Waals surface area contributed by atoms with Gasteiger partial charge in [-0.3, -0.25) is 9.36 Å². The summed E-state index contributed by atoms with van der Waals surface area (Å²) in [5.41, 5.74) is 1.11. The maximum atomic E-state index is 12.6. The third-order valence-electron chi connectivity index (χ3n) is 3.57. The fourth-order valence-corrected chi connectivity index (χ4v) is 4.19. The molecule has 0 fully saturated rings. The summed E-state index contributed by atoms with van der Waals surface area (Å²) in [7, 11) is 0. The second-order valence-electron chi connectivity index (χ2n) is 5.01. The second-order valence-corrected chi connectivity index (χ2v) is 7.82. The van der Waals surface area contributed by atoms with Crippen LogP contribution in [-0.2, 0) is 6.54 Å². The monoisotopic (exact) mass is 350 g/mol. The summed E-state index contributed by atoms with van der Waals surface area (Å²) in [4.78, 5) is 20.1. The SMILES string of the molecule is Cc1sc2ncn(CCSc3ccc(Cl)cc3)c(=O)c2c1C. The number of fused-ring (bicyclic) bond motifs is 1. The minimum Gasteiger partial charge on any atom is -0.298 e. The zero-order chi connectivity index (χ0) is 15.7. The largest absolute Gasteiger partial charge is 0.298 e. The number of aromatic nitrogens is 2. The Kier molecular flexibility index (Phi) is 4.57. The van der Waals surface area contributed by atoms with Gasteiger partial charge in [0.2, 0.25) is 0 Å². The highest BCUT2D eigenvalue weighted by Gasteiger charge is 2.11. The second kappa shape index (κ2) is 6.44. The van der Waals surface area contributed by atoms with E-state index in [1.54, 1.807) is 34.0 Å². The highest BCUT2D eigenvalue weighted by Crippen LogP contribution is 2.25. The van der Waals surface area contributed by atoms with Gasteiger partial charge in [-0.1, -0.05) is 11.6 Å². The molecule has 0 aliphatic rings. The summed E-state index contributed by atoms with van der Waals surface area (Å²) in [6.45, 7) is 4.66. The summed E-state index contributed by atoms with van der Waals surface area (Å²) in [6, 6.07) is 7.73. The molecule has 0 amide bonds. The van der Waals surface area contributed by atoms with E-state index in [4.69, 9.17) is 11.6 Å². The van der Waals surface area contributed by atoms with Crippen molar-refractivity contribution in [2.75, 3.05) is 5.75 Å². The number of thioether (sulfide) groups is 1. The molecular weight excluding hydrogens is 336 g/mol. The van der Waals surface area contributed by atoms with E-state index in [0.717, 1.165) is 36.3 Å². The van der Waals surface area contributed by atoms with Crippen molar-refractivity contribution in [2.45, 2.75) is 25.3 Å². The summed E-state index contributed by atoms with van der Waals surface area (Å²) >= 11 is 9.16. The Balaban J connectivity index is 1.77. The Morgan fingerprint density at radius 2 is 2.00 bits per heavy atom. The Morgan fingerprint density at radius 1 is 1.27 bits per heavy atom. The van der Waals surface area contributed by atoms with Crippen molar-refractivity contribution in [1.29, 1.82) is 0 Å². The van der Waals surface area contributed by atoms with E-state index < -0.39 is 0 Å². The van der Waals surface area contributed by atoms with Gasteiger partial charge in [-0.2, -0.15) is 0 Å². The third kappa shape index (κ3) is 3.07. The average Bonchev–Trinajstić information content (AvgIpc) is 2.79. The maximum absolute atomic E-state index is 12.6. The predicted molar refractivity (Wildman–Crippen MR) is 95.5 cm³/mol. The van der Waals surface area contributed by atoms with Gasteiger partial charge in [-0.05, 0) is 43.7 Å².